The van der Waals surface area contributed by atoms with Gasteiger partial charge >= 0.3 is 5.92 Å². The third-order valence-corrected chi connectivity index (χ3v) is 5.54. The number of halogens is 4. The van der Waals surface area contributed by atoms with E-state index in [1.54, 1.807) is 6.92 Å². The number of aryl methyl sites for hydroxylation is 1. The Labute approximate surface area is 183 Å². The number of anilines is 1. The van der Waals surface area contributed by atoms with Crippen LogP contribution in [0.4, 0.5) is 23.4 Å². The molecule has 0 spiro atoms. The molecule has 1 N–H and O–H groups in total. The van der Waals surface area contributed by atoms with Crippen LogP contribution in [0.5, 0.6) is 0 Å². The summed E-state index contributed by atoms with van der Waals surface area (Å²) in [7, 11) is 0. The van der Waals surface area contributed by atoms with E-state index in [1.807, 2.05) is 0 Å². The summed E-state index contributed by atoms with van der Waals surface area (Å²) in [5, 5.41) is 2.94. The quantitative estimate of drug-likeness (QED) is 0.601. The van der Waals surface area contributed by atoms with Crippen molar-refractivity contribution in [1.29, 1.82) is 0 Å². The molecule has 0 radical (unpaired) electrons. The van der Waals surface area contributed by atoms with Gasteiger partial charge in [0.1, 0.15) is 29.7 Å². The van der Waals surface area contributed by atoms with Crippen molar-refractivity contribution in [2.45, 2.75) is 57.7 Å². The minimum atomic E-state index is -3.45. The highest BCUT2D eigenvalue weighted by Gasteiger charge is 2.46. The highest BCUT2D eigenvalue weighted by Crippen LogP contribution is 2.40. The Kier molecular flexibility index (Phi) is 6.64. The van der Waals surface area contributed by atoms with Crippen molar-refractivity contribution in [2.75, 3.05) is 25.1 Å². The van der Waals surface area contributed by atoms with E-state index in [2.05, 4.69) is 15.3 Å². The number of nitrogens with one attached hydrogen (secondary N) is 1. The third kappa shape index (κ3) is 4.44. The summed E-state index contributed by atoms with van der Waals surface area (Å²) in [6.07, 6.45) is -2.96. The van der Waals surface area contributed by atoms with Crippen LogP contribution in [0.1, 0.15) is 60.4 Å². The van der Waals surface area contributed by atoms with Crippen molar-refractivity contribution in [1.82, 2.24) is 9.97 Å². The minimum Gasteiger partial charge on any atom is -0.372 e. The average molecular weight is 455 g/mol. The predicted molar refractivity (Wildman–Crippen MR) is 108 cm³/mol. The van der Waals surface area contributed by atoms with Crippen LogP contribution in [0, 0.1) is 12.7 Å². The Morgan fingerprint density at radius 2 is 1.91 bits per heavy atom. The molecule has 0 aliphatic carbocycles. The molecular weight excluding hydrogens is 430 g/mol. The standard InChI is InChI=1S/C22H25F4N3O3/c1-12(23)19-17(21-31-9-10-32-21)20(29-13(2)28-19)27-11-14-5-3-6-15(18(14)24)22(25,26)16-7-4-8-30-16/h3,5-6,12,16,21H,4,7-11H2,1-2H3,(H,27,28,29). The van der Waals surface area contributed by atoms with Crippen LogP contribution in [-0.2, 0) is 26.7 Å². The smallest absolute Gasteiger partial charge is 0.301 e. The number of aromatic nitrogens is 2. The first-order valence-electron chi connectivity index (χ1n) is 10.6. The van der Waals surface area contributed by atoms with E-state index in [4.69, 9.17) is 14.2 Å². The summed E-state index contributed by atoms with van der Waals surface area (Å²) in [4.78, 5) is 8.47. The van der Waals surface area contributed by atoms with Gasteiger partial charge in [-0.3, -0.25) is 0 Å². The second kappa shape index (κ2) is 9.29. The lowest BCUT2D eigenvalue weighted by Gasteiger charge is -2.24. The highest BCUT2D eigenvalue weighted by atomic mass is 19.3. The summed E-state index contributed by atoms with van der Waals surface area (Å²) in [6.45, 7) is 3.66. The summed E-state index contributed by atoms with van der Waals surface area (Å²) >= 11 is 0. The van der Waals surface area contributed by atoms with E-state index in [1.165, 1.54) is 19.1 Å². The minimum absolute atomic E-state index is 0.0190. The maximum atomic E-state index is 15.1. The van der Waals surface area contributed by atoms with Crippen LogP contribution in [0.15, 0.2) is 18.2 Å². The Hall–Kier alpha value is -2.30. The number of alkyl halides is 3. The second-order valence-corrected chi connectivity index (χ2v) is 7.86. The molecule has 2 aliphatic heterocycles. The summed E-state index contributed by atoms with van der Waals surface area (Å²) in [6, 6.07) is 3.86. The van der Waals surface area contributed by atoms with Gasteiger partial charge in [0.25, 0.3) is 0 Å². The number of benzene rings is 1. The van der Waals surface area contributed by atoms with Gasteiger partial charge in [0, 0.05) is 18.7 Å². The summed E-state index contributed by atoms with van der Waals surface area (Å²) in [5.41, 5.74) is -0.302. The van der Waals surface area contributed by atoms with Gasteiger partial charge in [0.15, 0.2) is 6.29 Å². The van der Waals surface area contributed by atoms with Gasteiger partial charge in [-0.25, -0.2) is 18.7 Å². The van der Waals surface area contributed by atoms with Gasteiger partial charge in [-0.1, -0.05) is 12.1 Å². The van der Waals surface area contributed by atoms with Crippen molar-refractivity contribution in [3.8, 4) is 0 Å². The molecule has 174 valence electrons. The van der Waals surface area contributed by atoms with E-state index < -0.39 is 35.9 Å². The van der Waals surface area contributed by atoms with Gasteiger partial charge in [-0.2, -0.15) is 8.78 Å². The first kappa shape index (κ1) is 22.9. The van der Waals surface area contributed by atoms with Crippen molar-refractivity contribution in [3.05, 3.63) is 52.2 Å². The molecule has 2 aliphatic rings. The van der Waals surface area contributed by atoms with Gasteiger partial charge in [-0.15, -0.1) is 0 Å². The number of hydrogen-bond acceptors (Lipinski definition) is 6. The molecule has 1 aromatic heterocycles. The monoisotopic (exact) mass is 455 g/mol. The van der Waals surface area contributed by atoms with E-state index in [9.17, 15) is 13.2 Å². The molecule has 0 bridgehead atoms. The van der Waals surface area contributed by atoms with Crippen molar-refractivity contribution < 1.29 is 31.8 Å². The lowest BCUT2D eigenvalue weighted by molar-refractivity contribution is -0.124. The molecule has 2 atom stereocenters. The highest BCUT2D eigenvalue weighted by molar-refractivity contribution is 5.49. The molecule has 2 unspecified atom stereocenters. The van der Waals surface area contributed by atoms with Crippen molar-refractivity contribution in [2.24, 2.45) is 0 Å². The molecule has 1 aromatic carbocycles. The van der Waals surface area contributed by atoms with Crippen molar-refractivity contribution in [3.63, 3.8) is 0 Å². The van der Waals surface area contributed by atoms with E-state index >= 15 is 4.39 Å². The van der Waals surface area contributed by atoms with Crippen LogP contribution in [0.2, 0.25) is 0 Å². The molecule has 10 heteroatoms. The topological polar surface area (TPSA) is 65.5 Å². The number of nitrogens with zero attached hydrogens (tertiary/aromatic N) is 2. The normalized spacial score (nSPS) is 20.6. The Morgan fingerprint density at radius 1 is 1.16 bits per heavy atom. The zero-order valence-electron chi connectivity index (χ0n) is 17.8. The third-order valence-electron chi connectivity index (χ3n) is 5.54. The number of hydrogen-bond donors (Lipinski definition) is 1. The molecule has 2 aromatic rings. The fourth-order valence-corrected chi connectivity index (χ4v) is 3.99. The Morgan fingerprint density at radius 3 is 2.56 bits per heavy atom. The molecule has 0 saturated carbocycles. The molecule has 6 nitrogen and oxygen atoms in total. The SMILES string of the molecule is Cc1nc(NCc2cccc(C(F)(F)C3CCCO3)c2F)c(C2OCCO2)c(C(C)F)n1. The van der Waals surface area contributed by atoms with Gasteiger partial charge < -0.3 is 19.5 Å². The number of rotatable bonds is 7. The maximum absolute atomic E-state index is 15.1. The Bertz CT molecular complexity index is 962. The molecule has 2 fully saturated rings. The summed E-state index contributed by atoms with van der Waals surface area (Å²) in [5.74, 6) is -3.96. The fourth-order valence-electron chi connectivity index (χ4n) is 3.99. The van der Waals surface area contributed by atoms with Gasteiger partial charge in [0.05, 0.1) is 30.0 Å². The first-order valence-corrected chi connectivity index (χ1v) is 10.6. The van der Waals surface area contributed by atoms with E-state index in [0.717, 1.165) is 6.07 Å². The molecule has 3 heterocycles. The average Bonchev–Trinajstić information content (AvgIpc) is 3.47. The molecule has 2 saturated heterocycles. The largest absolute Gasteiger partial charge is 0.372 e. The molecule has 4 rings (SSSR count). The maximum Gasteiger partial charge on any atom is 0.301 e. The Balaban J connectivity index is 1.63. The zero-order chi connectivity index (χ0) is 22.9. The van der Waals surface area contributed by atoms with Crippen LogP contribution in [0.3, 0.4) is 0 Å². The fraction of sp³-hybridized carbons (Fsp3) is 0.545. The second-order valence-electron chi connectivity index (χ2n) is 7.86. The first-order chi connectivity index (χ1) is 15.3. The van der Waals surface area contributed by atoms with Crippen LogP contribution in [0.25, 0.3) is 0 Å². The van der Waals surface area contributed by atoms with E-state index in [-0.39, 0.29) is 42.2 Å². The van der Waals surface area contributed by atoms with Crippen molar-refractivity contribution >= 4 is 5.82 Å². The number of ether oxygens (including phenoxy) is 3. The molecule has 32 heavy (non-hydrogen) atoms. The van der Waals surface area contributed by atoms with Crippen LogP contribution in [-0.4, -0.2) is 35.9 Å². The lowest BCUT2D eigenvalue weighted by Crippen LogP contribution is -2.31. The van der Waals surface area contributed by atoms with Gasteiger partial charge in [-0.05, 0) is 32.8 Å². The summed E-state index contributed by atoms with van der Waals surface area (Å²) < 4.78 is 75.2. The zero-order valence-corrected chi connectivity index (χ0v) is 17.8. The lowest BCUT2D eigenvalue weighted by atomic mass is 9.98. The van der Waals surface area contributed by atoms with Crippen LogP contribution >= 0.6 is 0 Å². The van der Waals surface area contributed by atoms with E-state index in [0.29, 0.717) is 25.5 Å². The van der Waals surface area contributed by atoms with Gasteiger partial charge in [0.2, 0.25) is 0 Å². The molecular formula is C22H25F4N3O3. The molecule has 0 amide bonds. The van der Waals surface area contributed by atoms with Crippen LogP contribution < -0.4 is 5.32 Å². The predicted octanol–water partition coefficient (Wildman–Crippen LogP) is 4.88.